The van der Waals surface area contributed by atoms with E-state index >= 15 is 0 Å². The van der Waals surface area contributed by atoms with Gasteiger partial charge < -0.3 is 10.6 Å². The van der Waals surface area contributed by atoms with Crippen molar-refractivity contribution in [2.45, 2.75) is 26.2 Å². The standard InChI is InChI=1S/C26H27N5O/c1-2-3-7-17-28-26(32)22-10-4-5-11-23(22)29-20-12-14-21-24(30-31-25(21)18-20)15-13-19-9-6-8-16-27-19/h4-6,8-16,18,29H,2-3,7,17H2,1H3,(H,28,32)(H,30,31)/b15-13+. The second-order valence-electron chi connectivity index (χ2n) is 7.59. The smallest absolute Gasteiger partial charge is 0.253 e. The summed E-state index contributed by atoms with van der Waals surface area (Å²) < 4.78 is 0. The molecule has 2 aromatic carbocycles. The molecular weight excluding hydrogens is 398 g/mol. The molecule has 4 aromatic rings. The van der Waals surface area contributed by atoms with Gasteiger partial charge in [0.05, 0.1) is 28.2 Å². The predicted molar refractivity (Wildman–Crippen MR) is 131 cm³/mol. The van der Waals surface area contributed by atoms with Crippen LogP contribution in [-0.4, -0.2) is 27.6 Å². The number of aromatic nitrogens is 3. The van der Waals surface area contributed by atoms with Gasteiger partial charge in [0, 0.05) is 23.8 Å². The molecule has 0 spiro atoms. The molecular formula is C26H27N5O. The summed E-state index contributed by atoms with van der Waals surface area (Å²) >= 11 is 0. The first-order valence-electron chi connectivity index (χ1n) is 11.0. The van der Waals surface area contributed by atoms with Crippen molar-refractivity contribution in [2.24, 2.45) is 0 Å². The number of benzene rings is 2. The largest absolute Gasteiger partial charge is 0.355 e. The van der Waals surface area contributed by atoms with E-state index in [1.54, 1.807) is 6.20 Å². The highest BCUT2D eigenvalue weighted by molar-refractivity contribution is 6.00. The number of rotatable bonds is 9. The van der Waals surface area contributed by atoms with Crippen LogP contribution in [-0.2, 0) is 0 Å². The second kappa shape index (κ2) is 10.4. The van der Waals surface area contributed by atoms with Crippen LogP contribution in [0.4, 0.5) is 11.4 Å². The van der Waals surface area contributed by atoms with Crippen LogP contribution in [0, 0.1) is 0 Å². The molecule has 0 saturated carbocycles. The number of hydrogen-bond acceptors (Lipinski definition) is 4. The summed E-state index contributed by atoms with van der Waals surface area (Å²) in [5.41, 5.74) is 4.93. The number of carbonyl (C=O) groups is 1. The summed E-state index contributed by atoms with van der Waals surface area (Å²) in [6.45, 7) is 2.84. The van der Waals surface area contributed by atoms with E-state index in [-0.39, 0.29) is 5.91 Å². The van der Waals surface area contributed by atoms with E-state index in [0.29, 0.717) is 12.1 Å². The van der Waals surface area contributed by atoms with E-state index in [2.05, 4.69) is 32.7 Å². The van der Waals surface area contributed by atoms with Crippen LogP contribution >= 0.6 is 0 Å². The summed E-state index contributed by atoms with van der Waals surface area (Å²) in [5, 5.41) is 14.9. The lowest BCUT2D eigenvalue weighted by Crippen LogP contribution is -2.25. The molecule has 0 unspecified atom stereocenters. The Morgan fingerprint density at radius 3 is 2.75 bits per heavy atom. The number of hydrogen-bond donors (Lipinski definition) is 3. The lowest BCUT2D eigenvalue weighted by Gasteiger charge is -2.12. The van der Waals surface area contributed by atoms with E-state index in [4.69, 9.17) is 0 Å². The molecule has 6 nitrogen and oxygen atoms in total. The molecule has 6 heteroatoms. The maximum absolute atomic E-state index is 12.6. The minimum atomic E-state index is -0.0613. The minimum Gasteiger partial charge on any atom is -0.355 e. The van der Waals surface area contributed by atoms with E-state index in [9.17, 15) is 4.79 Å². The van der Waals surface area contributed by atoms with Crippen molar-refractivity contribution in [2.75, 3.05) is 11.9 Å². The van der Waals surface area contributed by atoms with Crippen molar-refractivity contribution in [3.05, 3.63) is 83.8 Å². The Hall–Kier alpha value is -3.93. The molecule has 0 bridgehead atoms. The Labute approximate surface area is 187 Å². The van der Waals surface area contributed by atoms with E-state index in [0.717, 1.165) is 52.9 Å². The number of anilines is 2. The number of nitrogens with one attached hydrogen (secondary N) is 3. The lowest BCUT2D eigenvalue weighted by atomic mass is 10.1. The summed E-state index contributed by atoms with van der Waals surface area (Å²) in [5.74, 6) is -0.0613. The van der Waals surface area contributed by atoms with Gasteiger partial charge in [-0.05, 0) is 61.0 Å². The van der Waals surface area contributed by atoms with Crippen molar-refractivity contribution in [3.8, 4) is 0 Å². The number of amides is 1. The number of nitrogens with zero attached hydrogens (tertiary/aromatic N) is 2. The number of carbonyl (C=O) groups excluding carboxylic acids is 1. The molecule has 1 amide bonds. The van der Waals surface area contributed by atoms with Crippen molar-refractivity contribution >= 4 is 40.3 Å². The molecule has 0 saturated heterocycles. The van der Waals surface area contributed by atoms with Crippen molar-refractivity contribution in [1.82, 2.24) is 20.5 Å². The summed E-state index contributed by atoms with van der Waals surface area (Å²) in [4.78, 5) is 16.9. The third-order valence-electron chi connectivity index (χ3n) is 5.21. The van der Waals surface area contributed by atoms with Crippen LogP contribution in [0.3, 0.4) is 0 Å². The van der Waals surface area contributed by atoms with Crippen LogP contribution in [0.2, 0.25) is 0 Å². The molecule has 32 heavy (non-hydrogen) atoms. The Balaban J connectivity index is 1.50. The van der Waals surface area contributed by atoms with Crippen LogP contribution in [0.1, 0.15) is 47.9 Å². The summed E-state index contributed by atoms with van der Waals surface area (Å²) in [6.07, 6.45) is 8.90. The molecule has 0 aliphatic rings. The zero-order valence-corrected chi connectivity index (χ0v) is 18.1. The maximum atomic E-state index is 12.6. The van der Waals surface area contributed by atoms with Gasteiger partial charge in [-0.2, -0.15) is 5.10 Å². The fraction of sp³-hybridized carbons (Fsp3) is 0.192. The fourth-order valence-electron chi connectivity index (χ4n) is 3.50. The lowest BCUT2D eigenvalue weighted by molar-refractivity contribution is 0.0954. The Kier molecular flexibility index (Phi) is 6.92. The SMILES string of the molecule is CCCCCNC(=O)c1ccccc1Nc1ccc2c(/C=C/c3ccccn3)n[nH]c2c1. The van der Waals surface area contributed by atoms with Crippen molar-refractivity contribution in [1.29, 1.82) is 0 Å². The Bertz CT molecular complexity index is 1210. The highest BCUT2D eigenvalue weighted by Gasteiger charge is 2.11. The average Bonchev–Trinajstić information content (AvgIpc) is 3.23. The maximum Gasteiger partial charge on any atom is 0.253 e. The van der Waals surface area contributed by atoms with Crippen LogP contribution in [0.5, 0.6) is 0 Å². The van der Waals surface area contributed by atoms with Gasteiger partial charge in [0.25, 0.3) is 5.91 Å². The molecule has 0 aliphatic carbocycles. The van der Waals surface area contributed by atoms with Crippen molar-refractivity contribution in [3.63, 3.8) is 0 Å². The first-order valence-corrected chi connectivity index (χ1v) is 11.0. The number of H-pyrrole nitrogens is 1. The zero-order chi connectivity index (χ0) is 22.2. The number of fused-ring (bicyclic) bond motifs is 1. The van der Waals surface area contributed by atoms with E-state index in [1.807, 2.05) is 72.8 Å². The van der Waals surface area contributed by atoms with Gasteiger partial charge >= 0.3 is 0 Å². The Morgan fingerprint density at radius 1 is 1.03 bits per heavy atom. The summed E-state index contributed by atoms with van der Waals surface area (Å²) in [7, 11) is 0. The third-order valence-corrected chi connectivity index (χ3v) is 5.21. The molecule has 0 atom stereocenters. The monoisotopic (exact) mass is 425 g/mol. The van der Waals surface area contributed by atoms with Gasteiger partial charge in [-0.25, -0.2) is 0 Å². The van der Waals surface area contributed by atoms with Gasteiger partial charge in [0.1, 0.15) is 0 Å². The molecule has 0 radical (unpaired) electrons. The number of pyridine rings is 1. The van der Waals surface area contributed by atoms with Crippen LogP contribution in [0.15, 0.2) is 66.9 Å². The second-order valence-corrected chi connectivity index (χ2v) is 7.59. The fourth-order valence-corrected chi connectivity index (χ4v) is 3.50. The molecule has 4 rings (SSSR count). The predicted octanol–water partition coefficient (Wildman–Crippen LogP) is 5.79. The highest BCUT2D eigenvalue weighted by atomic mass is 16.1. The van der Waals surface area contributed by atoms with Crippen LogP contribution < -0.4 is 10.6 Å². The molecule has 0 aliphatic heterocycles. The first kappa shape index (κ1) is 21.3. The zero-order valence-electron chi connectivity index (χ0n) is 18.1. The molecule has 2 aromatic heterocycles. The van der Waals surface area contributed by atoms with Crippen LogP contribution in [0.25, 0.3) is 23.1 Å². The average molecular weight is 426 g/mol. The van der Waals surface area contributed by atoms with E-state index in [1.165, 1.54) is 0 Å². The molecule has 3 N–H and O–H groups in total. The number of unbranched alkanes of at least 4 members (excludes halogenated alkanes) is 2. The highest BCUT2D eigenvalue weighted by Crippen LogP contribution is 2.26. The van der Waals surface area contributed by atoms with Gasteiger partial charge in [0.2, 0.25) is 0 Å². The number of para-hydroxylation sites is 1. The quantitative estimate of drug-likeness (QED) is 0.296. The van der Waals surface area contributed by atoms with Gasteiger partial charge in [-0.15, -0.1) is 0 Å². The van der Waals surface area contributed by atoms with E-state index < -0.39 is 0 Å². The molecule has 0 fully saturated rings. The first-order chi connectivity index (χ1) is 15.7. The van der Waals surface area contributed by atoms with Gasteiger partial charge in [-0.1, -0.05) is 38.0 Å². The normalized spacial score (nSPS) is 11.2. The minimum absolute atomic E-state index is 0.0613. The topological polar surface area (TPSA) is 82.7 Å². The van der Waals surface area contributed by atoms with Crippen molar-refractivity contribution < 1.29 is 4.79 Å². The Morgan fingerprint density at radius 2 is 1.91 bits per heavy atom. The summed E-state index contributed by atoms with van der Waals surface area (Å²) in [6, 6.07) is 19.4. The molecule has 162 valence electrons. The van der Waals surface area contributed by atoms with Gasteiger partial charge in [-0.3, -0.25) is 14.9 Å². The molecule has 2 heterocycles. The number of aromatic amines is 1. The van der Waals surface area contributed by atoms with Gasteiger partial charge in [0.15, 0.2) is 0 Å². The third kappa shape index (κ3) is 5.21.